The summed E-state index contributed by atoms with van der Waals surface area (Å²) in [5.74, 6) is -1.61. The third-order valence-electron chi connectivity index (χ3n) is 4.00. The molecule has 0 radical (unpaired) electrons. The molecule has 0 spiro atoms. The number of hydrogen-bond donors (Lipinski definition) is 3. The molecule has 1 aliphatic rings. The summed E-state index contributed by atoms with van der Waals surface area (Å²) in [6, 6.07) is 13.1. The van der Waals surface area contributed by atoms with E-state index in [1.165, 1.54) is 17.0 Å². The first-order valence-electron chi connectivity index (χ1n) is 8.13. The van der Waals surface area contributed by atoms with E-state index in [1.807, 2.05) is 12.1 Å². The molecule has 3 rings (SSSR count). The van der Waals surface area contributed by atoms with E-state index in [4.69, 9.17) is 14.9 Å². The third kappa shape index (κ3) is 4.97. The summed E-state index contributed by atoms with van der Waals surface area (Å²) in [5.41, 5.74) is 3.91. The maximum absolute atomic E-state index is 9.55. The first-order valence-corrected chi connectivity index (χ1v) is 8.13. The van der Waals surface area contributed by atoms with Crippen LogP contribution < -0.4 is 10.1 Å². The fourth-order valence-corrected chi connectivity index (χ4v) is 2.76. The minimum Gasteiger partial charge on any atom is -0.497 e. The van der Waals surface area contributed by atoms with Crippen molar-refractivity contribution in [2.75, 3.05) is 13.7 Å². The summed E-state index contributed by atoms with van der Waals surface area (Å²) < 4.78 is 7.61. The maximum atomic E-state index is 9.55. The summed E-state index contributed by atoms with van der Waals surface area (Å²) in [6.45, 7) is 4.28. The second kappa shape index (κ2) is 8.87. The van der Waals surface area contributed by atoms with E-state index in [0.717, 1.165) is 18.8 Å². The summed E-state index contributed by atoms with van der Waals surface area (Å²) in [7, 11) is 1.70. The molecular formula is C19H22N2O5. The second-order valence-electron chi connectivity index (χ2n) is 5.71. The number of carboxylic acids is 2. The van der Waals surface area contributed by atoms with E-state index in [9.17, 15) is 9.59 Å². The van der Waals surface area contributed by atoms with Crippen molar-refractivity contribution in [2.24, 2.45) is 0 Å². The first-order chi connectivity index (χ1) is 12.4. The zero-order valence-electron chi connectivity index (χ0n) is 14.7. The maximum Gasteiger partial charge on any atom is 0.328 e. The lowest BCUT2D eigenvalue weighted by atomic mass is 10.1. The second-order valence-corrected chi connectivity index (χ2v) is 5.71. The van der Waals surface area contributed by atoms with E-state index >= 15 is 0 Å². The number of ether oxygens (including phenoxy) is 1. The standard InChI is InChI=1S/C15H18N2O.C4H4O4/c1-11-14-7-8-15(17(14)10-9-16-11)12-3-5-13(18-2)6-4-12;5-3(6)1-2-4(7)8/h3-8,11,16H,9-10H2,1-2H3;1-2H,(H,5,6)(H,7,8)/b;2-1+. The van der Waals surface area contributed by atoms with Crippen LogP contribution in [0, 0.1) is 0 Å². The van der Waals surface area contributed by atoms with Gasteiger partial charge >= 0.3 is 11.9 Å². The van der Waals surface area contributed by atoms with Crippen molar-refractivity contribution in [3.8, 4) is 17.0 Å². The van der Waals surface area contributed by atoms with Gasteiger partial charge in [-0.15, -0.1) is 0 Å². The Morgan fingerprint density at radius 1 is 1.12 bits per heavy atom. The SMILES string of the molecule is COc1ccc(-c2ccc3n2CCNC3C)cc1.O=C(O)/C=C/C(=O)O. The number of carboxylic acid groups (broad SMARTS) is 2. The summed E-state index contributed by atoms with van der Waals surface area (Å²) >= 11 is 0. The molecule has 0 aliphatic carbocycles. The average Bonchev–Trinajstić information content (AvgIpc) is 3.06. The zero-order valence-corrected chi connectivity index (χ0v) is 14.7. The van der Waals surface area contributed by atoms with Crippen LogP contribution in [0.5, 0.6) is 5.75 Å². The molecular weight excluding hydrogens is 336 g/mol. The number of rotatable bonds is 4. The van der Waals surface area contributed by atoms with Gasteiger partial charge in [0.25, 0.3) is 0 Å². The monoisotopic (exact) mass is 358 g/mol. The largest absolute Gasteiger partial charge is 0.497 e. The molecule has 0 fully saturated rings. The minimum absolute atomic E-state index is 0.436. The van der Waals surface area contributed by atoms with Crippen LogP contribution in [0.25, 0.3) is 11.3 Å². The molecule has 26 heavy (non-hydrogen) atoms. The molecule has 7 heteroatoms. The van der Waals surface area contributed by atoms with Gasteiger partial charge in [-0.2, -0.15) is 0 Å². The smallest absolute Gasteiger partial charge is 0.328 e. The highest BCUT2D eigenvalue weighted by Crippen LogP contribution is 2.28. The lowest BCUT2D eigenvalue weighted by Gasteiger charge is -2.25. The van der Waals surface area contributed by atoms with Crippen LogP contribution >= 0.6 is 0 Å². The van der Waals surface area contributed by atoms with E-state index in [0.29, 0.717) is 18.2 Å². The molecule has 7 nitrogen and oxygen atoms in total. The lowest BCUT2D eigenvalue weighted by Crippen LogP contribution is -2.31. The number of aromatic nitrogens is 1. The van der Waals surface area contributed by atoms with E-state index in [1.54, 1.807) is 7.11 Å². The Balaban J connectivity index is 0.000000260. The van der Waals surface area contributed by atoms with Gasteiger partial charge in [0.15, 0.2) is 0 Å². The third-order valence-corrected chi connectivity index (χ3v) is 4.00. The van der Waals surface area contributed by atoms with Crippen LogP contribution in [0.15, 0.2) is 48.6 Å². The number of nitrogens with one attached hydrogen (secondary N) is 1. The van der Waals surface area contributed by atoms with E-state index < -0.39 is 11.9 Å². The van der Waals surface area contributed by atoms with Gasteiger partial charge in [-0.05, 0) is 48.9 Å². The van der Waals surface area contributed by atoms with E-state index in [2.05, 4.69) is 41.1 Å². The van der Waals surface area contributed by atoms with Crippen LogP contribution in [0.4, 0.5) is 0 Å². The molecule has 0 saturated carbocycles. The van der Waals surface area contributed by atoms with Crippen LogP contribution in [-0.4, -0.2) is 40.4 Å². The highest BCUT2D eigenvalue weighted by Gasteiger charge is 2.18. The molecule has 1 unspecified atom stereocenters. The number of nitrogens with zero attached hydrogens (tertiary/aromatic N) is 1. The lowest BCUT2D eigenvalue weighted by molar-refractivity contribution is -0.134. The Morgan fingerprint density at radius 2 is 1.73 bits per heavy atom. The van der Waals surface area contributed by atoms with Crippen LogP contribution in [-0.2, 0) is 16.1 Å². The first kappa shape index (κ1) is 19.3. The van der Waals surface area contributed by atoms with Crippen molar-refractivity contribution in [1.29, 1.82) is 0 Å². The minimum atomic E-state index is -1.26. The Morgan fingerprint density at radius 3 is 2.27 bits per heavy atom. The van der Waals surface area contributed by atoms with Gasteiger partial charge < -0.3 is 24.8 Å². The van der Waals surface area contributed by atoms with Gasteiger partial charge in [0.05, 0.1) is 7.11 Å². The van der Waals surface area contributed by atoms with Crippen molar-refractivity contribution >= 4 is 11.9 Å². The van der Waals surface area contributed by atoms with E-state index in [-0.39, 0.29) is 0 Å². The van der Waals surface area contributed by atoms with Crippen molar-refractivity contribution in [1.82, 2.24) is 9.88 Å². The number of aliphatic carboxylic acids is 2. The highest BCUT2D eigenvalue weighted by molar-refractivity contribution is 5.89. The van der Waals surface area contributed by atoms with Crippen molar-refractivity contribution < 1.29 is 24.5 Å². The Labute approximate surface area is 151 Å². The van der Waals surface area contributed by atoms with Gasteiger partial charge in [-0.25, -0.2) is 9.59 Å². The normalized spacial score (nSPS) is 15.7. The van der Waals surface area contributed by atoms with Gasteiger partial charge in [-0.3, -0.25) is 0 Å². The number of benzene rings is 1. The molecule has 0 bridgehead atoms. The summed E-state index contributed by atoms with van der Waals surface area (Å²) in [4.78, 5) is 19.1. The fraction of sp³-hybridized carbons (Fsp3) is 0.263. The Hall–Kier alpha value is -3.06. The van der Waals surface area contributed by atoms with Gasteiger partial charge in [-0.1, -0.05) is 0 Å². The number of hydrogen-bond acceptors (Lipinski definition) is 4. The molecule has 1 atom stereocenters. The van der Waals surface area contributed by atoms with Gasteiger partial charge in [0, 0.05) is 42.7 Å². The average molecular weight is 358 g/mol. The molecule has 0 saturated heterocycles. The van der Waals surface area contributed by atoms with Gasteiger partial charge in [0.2, 0.25) is 0 Å². The molecule has 3 N–H and O–H groups in total. The number of carbonyl (C=O) groups is 2. The molecule has 1 aliphatic heterocycles. The molecule has 138 valence electrons. The predicted molar refractivity (Wildman–Crippen MR) is 97.2 cm³/mol. The summed E-state index contributed by atoms with van der Waals surface area (Å²) in [5, 5.41) is 19.1. The predicted octanol–water partition coefficient (Wildman–Crippen LogP) is 2.54. The van der Waals surface area contributed by atoms with Crippen molar-refractivity contribution in [3.05, 3.63) is 54.2 Å². The summed E-state index contributed by atoms with van der Waals surface area (Å²) in [6.07, 6.45) is 1.12. The molecule has 0 amide bonds. The quantitative estimate of drug-likeness (QED) is 0.726. The molecule has 2 heterocycles. The molecule has 1 aromatic heterocycles. The van der Waals surface area contributed by atoms with Crippen molar-refractivity contribution in [2.45, 2.75) is 19.5 Å². The van der Waals surface area contributed by atoms with Crippen LogP contribution in [0.1, 0.15) is 18.7 Å². The van der Waals surface area contributed by atoms with Gasteiger partial charge in [0.1, 0.15) is 5.75 Å². The molecule has 2 aromatic rings. The number of fused-ring (bicyclic) bond motifs is 1. The van der Waals surface area contributed by atoms with Crippen LogP contribution in [0.2, 0.25) is 0 Å². The molecule has 1 aromatic carbocycles. The van der Waals surface area contributed by atoms with Crippen molar-refractivity contribution in [3.63, 3.8) is 0 Å². The Bertz CT molecular complexity index is 777. The number of methoxy groups -OCH3 is 1. The van der Waals surface area contributed by atoms with Crippen LogP contribution in [0.3, 0.4) is 0 Å². The highest BCUT2D eigenvalue weighted by atomic mass is 16.5. The Kier molecular flexibility index (Phi) is 6.57. The zero-order chi connectivity index (χ0) is 19.1. The topological polar surface area (TPSA) is 101 Å². The fourth-order valence-electron chi connectivity index (χ4n) is 2.76.